The molecule has 0 bridgehead atoms. The third kappa shape index (κ3) is 1.63. The fourth-order valence-corrected chi connectivity index (χ4v) is 1.000. The van der Waals surface area contributed by atoms with Gasteiger partial charge in [-0.1, -0.05) is 0 Å². The quantitative estimate of drug-likeness (QED) is 0.749. The fourth-order valence-electron chi connectivity index (χ4n) is 1.000. The van der Waals surface area contributed by atoms with Gasteiger partial charge >= 0.3 is 0 Å². The highest BCUT2D eigenvalue weighted by Crippen LogP contribution is 2.23. The Labute approximate surface area is 77.5 Å². The van der Waals surface area contributed by atoms with Crippen molar-refractivity contribution < 1.29 is 18.3 Å². The van der Waals surface area contributed by atoms with Crippen LogP contribution in [0.1, 0.15) is 22.3 Å². The van der Waals surface area contributed by atoms with E-state index in [0.717, 1.165) is 13.3 Å². The SMILES string of the molecule is COc1[nH]cc(C=O)c(=O)c1C(F)F. The van der Waals surface area contributed by atoms with Crippen molar-refractivity contribution in [3.63, 3.8) is 0 Å². The second kappa shape index (κ2) is 3.99. The van der Waals surface area contributed by atoms with Crippen LogP contribution in [0.4, 0.5) is 8.78 Å². The average Bonchev–Trinajstić information content (AvgIpc) is 2.16. The largest absolute Gasteiger partial charge is 0.482 e. The number of hydrogen-bond donors (Lipinski definition) is 1. The normalized spacial score (nSPS) is 10.3. The number of carbonyl (C=O) groups is 1. The number of carbonyl (C=O) groups excluding carboxylic acids is 1. The van der Waals surface area contributed by atoms with Crippen LogP contribution in [-0.4, -0.2) is 18.4 Å². The Kier molecular flexibility index (Phi) is 2.95. The minimum Gasteiger partial charge on any atom is -0.482 e. The molecule has 6 heteroatoms. The summed E-state index contributed by atoms with van der Waals surface area (Å²) in [5.41, 5.74) is -2.18. The number of aromatic nitrogens is 1. The topological polar surface area (TPSA) is 59.2 Å². The molecule has 1 aromatic rings. The van der Waals surface area contributed by atoms with Crippen molar-refractivity contribution in [1.29, 1.82) is 0 Å². The molecule has 4 nitrogen and oxygen atoms in total. The molecule has 14 heavy (non-hydrogen) atoms. The van der Waals surface area contributed by atoms with E-state index in [1.54, 1.807) is 0 Å². The highest BCUT2D eigenvalue weighted by Gasteiger charge is 2.20. The lowest BCUT2D eigenvalue weighted by Gasteiger charge is -2.06. The van der Waals surface area contributed by atoms with Crippen LogP contribution < -0.4 is 10.2 Å². The lowest BCUT2D eigenvalue weighted by molar-refractivity contribution is 0.112. The number of H-pyrrole nitrogens is 1. The maximum atomic E-state index is 12.4. The summed E-state index contributed by atoms with van der Waals surface area (Å²) in [6.07, 6.45) is -1.74. The van der Waals surface area contributed by atoms with Crippen LogP contribution >= 0.6 is 0 Å². The third-order valence-corrected chi connectivity index (χ3v) is 1.66. The average molecular weight is 203 g/mol. The summed E-state index contributed by atoms with van der Waals surface area (Å²) < 4.78 is 29.3. The Hall–Kier alpha value is -1.72. The monoisotopic (exact) mass is 203 g/mol. The number of aromatic amines is 1. The van der Waals surface area contributed by atoms with E-state index in [-0.39, 0.29) is 17.7 Å². The summed E-state index contributed by atoms with van der Waals surface area (Å²) in [6.45, 7) is 0. The maximum absolute atomic E-state index is 12.4. The Bertz CT molecular complexity index is 400. The zero-order valence-electron chi connectivity index (χ0n) is 7.21. The number of hydrogen-bond acceptors (Lipinski definition) is 3. The van der Waals surface area contributed by atoms with Crippen LogP contribution in [-0.2, 0) is 0 Å². The number of nitrogens with one attached hydrogen (secondary N) is 1. The van der Waals surface area contributed by atoms with Crippen LogP contribution in [0.3, 0.4) is 0 Å². The number of ether oxygens (including phenoxy) is 1. The van der Waals surface area contributed by atoms with Gasteiger partial charge in [0, 0.05) is 6.20 Å². The summed E-state index contributed by atoms with van der Waals surface area (Å²) in [7, 11) is 1.15. The summed E-state index contributed by atoms with van der Waals surface area (Å²) in [5, 5.41) is 0. The molecule has 76 valence electrons. The smallest absolute Gasteiger partial charge is 0.272 e. The molecule has 0 aliphatic carbocycles. The summed E-state index contributed by atoms with van der Waals surface area (Å²) >= 11 is 0. The van der Waals surface area contributed by atoms with Crippen LogP contribution in [0.15, 0.2) is 11.0 Å². The van der Waals surface area contributed by atoms with Gasteiger partial charge in [0.2, 0.25) is 11.3 Å². The number of halogens is 2. The Morgan fingerprint density at radius 3 is 2.64 bits per heavy atom. The number of rotatable bonds is 3. The molecule has 0 amide bonds. The molecule has 0 unspecified atom stereocenters. The van der Waals surface area contributed by atoms with Gasteiger partial charge in [0.05, 0.1) is 12.7 Å². The molecule has 1 aromatic heterocycles. The van der Waals surface area contributed by atoms with E-state index >= 15 is 0 Å². The number of pyridine rings is 1. The van der Waals surface area contributed by atoms with Crippen molar-refractivity contribution in [2.45, 2.75) is 6.43 Å². The van der Waals surface area contributed by atoms with Gasteiger partial charge in [0.1, 0.15) is 5.56 Å². The minimum absolute atomic E-state index is 0.212. The summed E-state index contributed by atoms with van der Waals surface area (Å²) in [4.78, 5) is 23.8. The Balaban J connectivity index is 3.47. The molecule has 0 saturated carbocycles. The predicted octanol–water partition coefficient (Wildman–Crippen LogP) is 1.13. The first kappa shape index (κ1) is 10.4. The predicted molar refractivity (Wildman–Crippen MR) is 44.0 cm³/mol. The van der Waals surface area contributed by atoms with Crippen molar-refractivity contribution in [2.24, 2.45) is 0 Å². The highest BCUT2D eigenvalue weighted by atomic mass is 19.3. The number of aldehydes is 1. The van der Waals surface area contributed by atoms with Crippen LogP contribution in [0.2, 0.25) is 0 Å². The first-order valence-corrected chi connectivity index (χ1v) is 3.64. The molecule has 0 saturated heterocycles. The van der Waals surface area contributed by atoms with E-state index in [1.165, 1.54) is 0 Å². The van der Waals surface area contributed by atoms with Gasteiger partial charge in [-0.2, -0.15) is 0 Å². The van der Waals surface area contributed by atoms with E-state index < -0.39 is 17.4 Å². The van der Waals surface area contributed by atoms with Crippen LogP contribution in [0, 0.1) is 0 Å². The molecule has 0 spiro atoms. The molecule has 0 fully saturated rings. The molecule has 0 aromatic carbocycles. The van der Waals surface area contributed by atoms with E-state index in [9.17, 15) is 18.4 Å². The van der Waals surface area contributed by atoms with Gasteiger partial charge in [0.15, 0.2) is 6.29 Å². The zero-order valence-corrected chi connectivity index (χ0v) is 7.21. The van der Waals surface area contributed by atoms with Crippen molar-refractivity contribution >= 4 is 6.29 Å². The van der Waals surface area contributed by atoms with E-state index in [2.05, 4.69) is 9.72 Å². The minimum atomic E-state index is -2.98. The van der Waals surface area contributed by atoms with Gasteiger partial charge < -0.3 is 9.72 Å². The van der Waals surface area contributed by atoms with Crippen molar-refractivity contribution in [1.82, 2.24) is 4.98 Å². The molecule has 0 radical (unpaired) electrons. The molecule has 0 atom stereocenters. The molecule has 0 aliphatic rings. The molecular weight excluding hydrogens is 196 g/mol. The first-order valence-electron chi connectivity index (χ1n) is 3.64. The molecular formula is C8H7F2NO3. The summed E-state index contributed by atoms with van der Waals surface area (Å²) in [5.74, 6) is -0.324. The molecule has 1 heterocycles. The highest BCUT2D eigenvalue weighted by molar-refractivity contribution is 5.74. The van der Waals surface area contributed by atoms with Crippen molar-refractivity contribution in [3.05, 3.63) is 27.5 Å². The van der Waals surface area contributed by atoms with E-state index in [0.29, 0.717) is 0 Å². The standard InChI is InChI=1S/C8H7F2NO3/c1-14-8-5(7(9)10)6(13)4(3-12)2-11-8/h2-3,7H,1H3,(H,11,13). The van der Waals surface area contributed by atoms with Crippen LogP contribution in [0.5, 0.6) is 5.88 Å². The van der Waals surface area contributed by atoms with Crippen molar-refractivity contribution in [3.8, 4) is 5.88 Å². The lowest BCUT2D eigenvalue weighted by atomic mass is 10.2. The Morgan fingerprint density at radius 1 is 1.57 bits per heavy atom. The van der Waals surface area contributed by atoms with Crippen LogP contribution in [0.25, 0.3) is 0 Å². The molecule has 0 aliphatic heterocycles. The molecule has 1 N–H and O–H groups in total. The van der Waals surface area contributed by atoms with Gasteiger partial charge in [-0.05, 0) is 0 Å². The van der Waals surface area contributed by atoms with Crippen molar-refractivity contribution in [2.75, 3.05) is 7.11 Å². The Morgan fingerprint density at radius 2 is 2.21 bits per heavy atom. The van der Waals surface area contributed by atoms with E-state index in [4.69, 9.17) is 0 Å². The zero-order chi connectivity index (χ0) is 10.7. The van der Waals surface area contributed by atoms with Gasteiger partial charge in [-0.15, -0.1) is 0 Å². The van der Waals surface area contributed by atoms with Gasteiger partial charge in [-0.25, -0.2) is 8.78 Å². The second-order valence-corrected chi connectivity index (χ2v) is 2.44. The summed E-state index contributed by atoms with van der Waals surface area (Å²) in [6, 6.07) is 0. The lowest BCUT2D eigenvalue weighted by Crippen LogP contribution is -2.16. The number of alkyl halides is 2. The second-order valence-electron chi connectivity index (χ2n) is 2.44. The number of methoxy groups -OCH3 is 1. The fraction of sp³-hybridized carbons (Fsp3) is 0.250. The third-order valence-electron chi connectivity index (χ3n) is 1.66. The first-order chi connectivity index (χ1) is 6.61. The maximum Gasteiger partial charge on any atom is 0.272 e. The van der Waals surface area contributed by atoms with Gasteiger partial charge in [0.25, 0.3) is 6.43 Å². The van der Waals surface area contributed by atoms with Gasteiger partial charge in [-0.3, -0.25) is 9.59 Å². The molecule has 1 rings (SSSR count). The van der Waals surface area contributed by atoms with E-state index in [1.807, 2.05) is 0 Å².